The van der Waals surface area contributed by atoms with E-state index in [2.05, 4.69) is 0 Å². The fraction of sp³-hybridized carbons (Fsp3) is 0.200. The van der Waals surface area contributed by atoms with Crippen molar-refractivity contribution < 1.29 is 27.5 Å². The van der Waals surface area contributed by atoms with Crippen molar-refractivity contribution in [3.05, 3.63) is 84.4 Å². The summed E-state index contributed by atoms with van der Waals surface area (Å²) in [5, 5.41) is 0. The topological polar surface area (TPSA) is 93.2 Å². The largest absolute Gasteiger partial charge is 0.495 e. The monoisotopic (exact) mass is 482 g/mol. The number of benzene rings is 3. The summed E-state index contributed by atoms with van der Waals surface area (Å²) in [6.45, 7) is 1.49. The lowest BCUT2D eigenvalue weighted by Crippen LogP contribution is -2.37. The number of carbonyl (C=O) groups is 2. The molecule has 34 heavy (non-hydrogen) atoms. The second kappa shape index (κ2) is 10.4. The second-order valence-electron chi connectivity index (χ2n) is 7.45. The highest BCUT2D eigenvalue weighted by Crippen LogP contribution is 2.31. The standard InChI is InChI=1S/C25H26N2O6S/c1-18(24(28)26(2)20-10-6-5-7-11-20)33-25(29)19-14-16-21(17-15-19)34(30,31)27(3)22-12-8-9-13-23(22)32-4/h5-18H,1-4H3. The molecule has 1 atom stereocenters. The summed E-state index contributed by atoms with van der Waals surface area (Å²) >= 11 is 0. The molecule has 3 aromatic carbocycles. The molecule has 1 unspecified atom stereocenters. The van der Waals surface area contributed by atoms with Crippen LogP contribution in [0.3, 0.4) is 0 Å². The molecule has 0 aliphatic carbocycles. The third-order valence-electron chi connectivity index (χ3n) is 5.28. The van der Waals surface area contributed by atoms with Crippen LogP contribution >= 0.6 is 0 Å². The van der Waals surface area contributed by atoms with Crippen LogP contribution in [0.1, 0.15) is 17.3 Å². The van der Waals surface area contributed by atoms with Gasteiger partial charge >= 0.3 is 5.97 Å². The zero-order chi connectivity index (χ0) is 24.9. The van der Waals surface area contributed by atoms with E-state index in [1.807, 2.05) is 6.07 Å². The molecule has 0 radical (unpaired) electrons. The Morgan fingerprint density at radius 3 is 2.06 bits per heavy atom. The lowest BCUT2D eigenvalue weighted by atomic mass is 10.2. The molecule has 0 spiro atoms. The Kier molecular flexibility index (Phi) is 7.57. The molecule has 0 aliphatic rings. The van der Waals surface area contributed by atoms with Gasteiger partial charge < -0.3 is 14.4 Å². The predicted octanol–water partition coefficient (Wildman–Crippen LogP) is 3.73. The molecule has 0 aromatic heterocycles. The zero-order valence-electron chi connectivity index (χ0n) is 19.3. The minimum atomic E-state index is -3.91. The smallest absolute Gasteiger partial charge is 0.338 e. The van der Waals surface area contributed by atoms with Gasteiger partial charge in [-0.15, -0.1) is 0 Å². The SMILES string of the molecule is COc1ccccc1N(C)S(=O)(=O)c1ccc(C(=O)OC(C)C(=O)N(C)c2ccccc2)cc1. The van der Waals surface area contributed by atoms with Gasteiger partial charge in [0.1, 0.15) is 5.75 Å². The lowest BCUT2D eigenvalue weighted by molar-refractivity contribution is -0.126. The molecule has 8 nitrogen and oxygen atoms in total. The number of sulfonamides is 1. The Balaban J connectivity index is 1.72. The summed E-state index contributed by atoms with van der Waals surface area (Å²) < 4.78 is 37.8. The number of methoxy groups -OCH3 is 1. The summed E-state index contributed by atoms with van der Waals surface area (Å²) in [5.41, 5.74) is 1.17. The van der Waals surface area contributed by atoms with Crippen LogP contribution in [-0.2, 0) is 19.6 Å². The number of ether oxygens (including phenoxy) is 2. The average molecular weight is 483 g/mol. The highest BCUT2D eigenvalue weighted by molar-refractivity contribution is 7.92. The van der Waals surface area contributed by atoms with Gasteiger partial charge in [0.15, 0.2) is 6.10 Å². The number of anilines is 2. The molecule has 9 heteroatoms. The first-order chi connectivity index (χ1) is 16.2. The van der Waals surface area contributed by atoms with Crippen LogP contribution in [0.2, 0.25) is 0 Å². The molecule has 0 N–H and O–H groups in total. The molecule has 0 aliphatic heterocycles. The molecule has 0 fully saturated rings. The molecule has 0 saturated carbocycles. The third-order valence-corrected chi connectivity index (χ3v) is 7.06. The van der Waals surface area contributed by atoms with Crippen molar-refractivity contribution in [3.63, 3.8) is 0 Å². The van der Waals surface area contributed by atoms with E-state index < -0.39 is 28.0 Å². The van der Waals surface area contributed by atoms with Gasteiger partial charge in [-0.1, -0.05) is 30.3 Å². The Labute approximate surface area is 199 Å². The molecule has 178 valence electrons. The van der Waals surface area contributed by atoms with E-state index in [1.54, 1.807) is 55.6 Å². The summed E-state index contributed by atoms with van der Waals surface area (Å²) in [7, 11) is 0.576. The average Bonchev–Trinajstić information content (AvgIpc) is 2.87. The minimum Gasteiger partial charge on any atom is -0.495 e. The fourth-order valence-electron chi connectivity index (χ4n) is 3.27. The van der Waals surface area contributed by atoms with Gasteiger partial charge in [0, 0.05) is 19.8 Å². The van der Waals surface area contributed by atoms with Crippen LogP contribution in [-0.4, -0.2) is 47.6 Å². The van der Waals surface area contributed by atoms with Crippen molar-refractivity contribution in [2.45, 2.75) is 17.9 Å². The number of carbonyl (C=O) groups excluding carboxylic acids is 2. The maximum absolute atomic E-state index is 13.1. The molecule has 3 aromatic rings. The molecule has 1 amide bonds. The van der Waals surface area contributed by atoms with Crippen molar-refractivity contribution in [3.8, 4) is 5.75 Å². The van der Waals surface area contributed by atoms with Crippen LogP contribution in [0.15, 0.2) is 83.8 Å². The van der Waals surface area contributed by atoms with E-state index in [4.69, 9.17) is 9.47 Å². The molecular weight excluding hydrogens is 456 g/mol. The molecule has 0 bridgehead atoms. The Hall–Kier alpha value is -3.85. The number of nitrogens with zero attached hydrogens (tertiary/aromatic N) is 2. The number of esters is 1. The van der Waals surface area contributed by atoms with Gasteiger partial charge in [-0.25, -0.2) is 13.2 Å². The zero-order valence-corrected chi connectivity index (χ0v) is 20.2. The van der Waals surface area contributed by atoms with E-state index in [0.717, 1.165) is 4.31 Å². The number of amides is 1. The Morgan fingerprint density at radius 2 is 1.44 bits per heavy atom. The Bertz CT molecular complexity index is 1260. The van der Waals surface area contributed by atoms with E-state index >= 15 is 0 Å². The van der Waals surface area contributed by atoms with E-state index in [1.165, 1.54) is 50.2 Å². The first kappa shape index (κ1) is 24.8. The number of rotatable bonds is 8. The first-order valence-electron chi connectivity index (χ1n) is 10.4. The quantitative estimate of drug-likeness (QED) is 0.454. The summed E-state index contributed by atoms with van der Waals surface area (Å²) in [6, 6.07) is 21.1. The lowest BCUT2D eigenvalue weighted by Gasteiger charge is -2.22. The van der Waals surface area contributed by atoms with Gasteiger partial charge in [0.25, 0.3) is 15.9 Å². The molecular formula is C25H26N2O6S. The van der Waals surface area contributed by atoms with Crippen molar-refractivity contribution in [1.29, 1.82) is 0 Å². The van der Waals surface area contributed by atoms with Crippen LogP contribution in [0.5, 0.6) is 5.75 Å². The number of hydrogen-bond donors (Lipinski definition) is 0. The van der Waals surface area contributed by atoms with E-state index in [0.29, 0.717) is 17.1 Å². The normalized spacial score (nSPS) is 11.9. The maximum Gasteiger partial charge on any atom is 0.338 e. The Morgan fingerprint density at radius 1 is 0.853 bits per heavy atom. The van der Waals surface area contributed by atoms with Gasteiger partial charge in [-0.3, -0.25) is 9.10 Å². The van der Waals surface area contributed by atoms with Crippen LogP contribution in [0.4, 0.5) is 11.4 Å². The summed E-state index contributed by atoms with van der Waals surface area (Å²) in [5.74, 6) is -0.713. The number of likely N-dealkylation sites (N-methyl/N-ethyl adjacent to an activating group) is 1. The third kappa shape index (κ3) is 5.20. The van der Waals surface area contributed by atoms with Gasteiger partial charge in [-0.05, 0) is 55.5 Å². The van der Waals surface area contributed by atoms with Gasteiger partial charge in [-0.2, -0.15) is 0 Å². The first-order valence-corrected chi connectivity index (χ1v) is 11.9. The van der Waals surface area contributed by atoms with Crippen molar-refractivity contribution in [2.24, 2.45) is 0 Å². The summed E-state index contributed by atoms with van der Waals surface area (Å²) in [4.78, 5) is 26.6. The minimum absolute atomic E-state index is 0.00890. The maximum atomic E-state index is 13.1. The number of para-hydroxylation sites is 3. The van der Waals surface area contributed by atoms with Crippen LogP contribution in [0, 0.1) is 0 Å². The van der Waals surface area contributed by atoms with Crippen molar-refractivity contribution >= 4 is 33.3 Å². The van der Waals surface area contributed by atoms with E-state index in [-0.39, 0.29) is 10.5 Å². The van der Waals surface area contributed by atoms with Crippen molar-refractivity contribution in [2.75, 3.05) is 30.4 Å². The van der Waals surface area contributed by atoms with Gasteiger partial charge in [0.05, 0.1) is 23.3 Å². The highest BCUT2D eigenvalue weighted by Gasteiger charge is 2.26. The predicted molar refractivity (Wildman–Crippen MR) is 130 cm³/mol. The van der Waals surface area contributed by atoms with Crippen molar-refractivity contribution in [1.82, 2.24) is 0 Å². The fourth-order valence-corrected chi connectivity index (χ4v) is 4.48. The number of hydrogen-bond acceptors (Lipinski definition) is 6. The second-order valence-corrected chi connectivity index (χ2v) is 9.42. The summed E-state index contributed by atoms with van der Waals surface area (Å²) in [6.07, 6.45) is -1.03. The van der Waals surface area contributed by atoms with Gasteiger partial charge in [0.2, 0.25) is 0 Å². The van der Waals surface area contributed by atoms with E-state index in [9.17, 15) is 18.0 Å². The molecule has 3 rings (SSSR count). The molecule has 0 heterocycles. The van der Waals surface area contributed by atoms with Crippen LogP contribution < -0.4 is 13.9 Å². The highest BCUT2D eigenvalue weighted by atomic mass is 32.2. The van der Waals surface area contributed by atoms with Crippen LogP contribution in [0.25, 0.3) is 0 Å². The molecule has 0 saturated heterocycles.